The molecule has 1 aliphatic heterocycles. The van der Waals surface area contributed by atoms with Crippen LogP contribution in [0.5, 0.6) is 0 Å². The zero-order valence-electron chi connectivity index (χ0n) is 10.9. The third kappa shape index (κ3) is 2.16. The van der Waals surface area contributed by atoms with Gasteiger partial charge in [0.05, 0.1) is 6.10 Å². The lowest BCUT2D eigenvalue weighted by molar-refractivity contribution is -0.136. The molecule has 3 N–H and O–H groups in total. The summed E-state index contributed by atoms with van der Waals surface area (Å²) in [4.78, 5) is 14.5. The van der Waals surface area contributed by atoms with Gasteiger partial charge >= 0.3 is 0 Å². The standard InChI is InChI=1S/C14H24N2O2/c15-11-3-1-2-9(6-11)14(18)16-7-10-4-5-13(17)12(10)8-16/h9-13,17H,1-8,15H2. The summed E-state index contributed by atoms with van der Waals surface area (Å²) in [6.45, 7) is 1.64. The molecule has 3 fully saturated rings. The van der Waals surface area contributed by atoms with E-state index in [9.17, 15) is 9.90 Å². The number of fused-ring (bicyclic) bond motifs is 1. The molecule has 1 heterocycles. The smallest absolute Gasteiger partial charge is 0.225 e. The molecule has 2 saturated carbocycles. The van der Waals surface area contributed by atoms with Crippen LogP contribution in [0, 0.1) is 17.8 Å². The van der Waals surface area contributed by atoms with Crippen molar-refractivity contribution in [1.29, 1.82) is 0 Å². The summed E-state index contributed by atoms with van der Waals surface area (Å²) < 4.78 is 0. The van der Waals surface area contributed by atoms with E-state index in [1.807, 2.05) is 4.90 Å². The molecule has 0 bridgehead atoms. The molecule has 18 heavy (non-hydrogen) atoms. The van der Waals surface area contributed by atoms with Gasteiger partial charge < -0.3 is 15.7 Å². The van der Waals surface area contributed by atoms with Crippen molar-refractivity contribution in [2.75, 3.05) is 13.1 Å². The van der Waals surface area contributed by atoms with Crippen molar-refractivity contribution in [2.45, 2.75) is 50.7 Å². The van der Waals surface area contributed by atoms with Crippen LogP contribution in [-0.4, -0.2) is 41.1 Å². The Labute approximate surface area is 109 Å². The fraction of sp³-hybridized carbons (Fsp3) is 0.929. The number of nitrogens with zero attached hydrogens (tertiary/aromatic N) is 1. The molecule has 0 spiro atoms. The lowest BCUT2D eigenvalue weighted by Crippen LogP contribution is -2.40. The van der Waals surface area contributed by atoms with Gasteiger partial charge in [-0.2, -0.15) is 0 Å². The maximum Gasteiger partial charge on any atom is 0.225 e. The lowest BCUT2D eigenvalue weighted by Gasteiger charge is -2.29. The van der Waals surface area contributed by atoms with E-state index in [1.165, 1.54) is 0 Å². The molecule has 4 nitrogen and oxygen atoms in total. The van der Waals surface area contributed by atoms with E-state index in [0.29, 0.717) is 17.7 Å². The maximum atomic E-state index is 12.5. The number of hydrogen-bond donors (Lipinski definition) is 2. The average Bonchev–Trinajstić information content (AvgIpc) is 2.91. The van der Waals surface area contributed by atoms with E-state index in [0.717, 1.165) is 51.6 Å². The van der Waals surface area contributed by atoms with E-state index in [1.54, 1.807) is 0 Å². The molecule has 5 atom stereocenters. The van der Waals surface area contributed by atoms with Gasteiger partial charge in [0, 0.05) is 31.0 Å². The minimum atomic E-state index is -0.179. The summed E-state index contributed by atoms with van der Waals surface area (Å²) in [5, 5.41) is 9.89. The number of aliphatic hydroxyl groups is 1. The van der Waals surface area contributed by atoms with E-state index in [2.05, 4.69) is 0 Å². The largest absolute Gasteiger partial charge is 0.393 e. The van der Waals surface area contributed by atoms with Crippen molar-refractivity contribution < 1.29 is 9.90 Å². The Kier molecular flexibility index (Phi) is 3.32. The second kappa shape index (κ2) is 4.82. The Morgan fingerprint density at radius 2 is 2.00 bits per heavy atom. The van der Waals surface area contributed by atoms with Gasteiger partial charge in [-0.1, -0.05) is 6.42 Å². The van der Waals surface area contributed by atoms with E-state index >= 15 is 0 Å². The first-order valence-corrected chi connectivity index (χ1v) is 7.37. The minimum absolute atomic E-state index is 0.143. The molecule has 102 valence electrons. The number of carbonyl (C=O) groups is 1. The van der Waals surface area contributed by atoms with Crippen LogP contribution in [0.25, 0.3) is 0 Å². The molecule has 1 amide bonds. The predicted octanol–water partition coefficient (Wildman–Crippen LogP) is 0.733. The highest BCUT2D eigenvalue weighted by atomic mass is 16.3. The molecule has 1 saturated heterocycles. The van der Waals surface area contributed by atoms with Crippen molar-refractivity contribution >= 4 is 5.91 Å². The Morgan fingerprint density at radius 1 is 1.17 bits per heavy atom. The molecule has 0 aromatic carbocycles. The highest BCUT2D eigenvalue weighted by molar-refractivity contribution is 5.79. The molecule has 2 aliphatic carbocycles. The highest BCUT2D eigenvalue weighted by Gasteiger charge is 2.44. The zero-order chi connectivity index (χ0) is 12.7. The van der Waals surface area contributed by atoms with Crippen LogP contribution in [-0.2, 0) is 4.79 Å². The Bertz CT molecular complexity index is 334. The van der Waals surface area contributed by atoms with E-state index in [-0.39, 0.29) is 18.1 Å². The van der Waals surface area contributed by atoms with Gasteiger partial charge in [-0.25, -0.2) is 0 Å². The summed E-state index contributed by atoms with van der Waals surface area (Å²) in [6.07, 6.45) is 5.83. The monoisotopic (exact) mass is 252 g/mol. The summed E-state index contributed by atoms with van der Waals surface area (Å²) in [6, 6.07) is 0.209. The quantitative estimate of drug-likeness (QED) is 0.723. The third-order valence-corrected chi connectivity index (χ3v) is 5.19. The summed E-state index contributed by atoms with van der Waals surface area (Å²) in [5.74, 6) is 1.32. The van der Waals surface area contributed by atoms with Gasteiger partial charge in [-0.05, 0) is 38.0 Å². The van der Waals surface area contributed by atoms with Gasteiger partial charge in [0.15, 0.2) is 0 Å². The number of hydrogen-bond acceptors (Lipinski definition) is 3. The third-order valence-electron chi connectivity index (χ3n) is 5.19. The molecule has 3 rings (SSSR count). The summed E-state index contributed by atoms with van der Waals surface area (Å²) >= 11 is 0. The molecule has 3 aliphatic rings. The number of carbonyl (C=O) groups excluding carboxylic acids is 1. The predicted molar refractivity (Wildman–Crippen MR) is 68.7 cm³/mol. The normalized spacial score (nSPS) is 44.1. The molecule has 0 radical (unpaired) electrons. The second-order valence-corrected chi connectivity index (χ2v) is 6.44. The van der Waals surface area contributed by atoms with Crippen LogP contribution in [0.1, 0.15) is 38.5 Å². The van der Waals surface area contributed by atoms with Crippen LogP contribution in [0.15, 0.2) is 0 Å². The second-order valence-electron chi connectivity index (χ2n) is 6.44. The summed E-state index contributed by atoms with van der Waals surface area (Å²) in [5.41, 5.74) is 5.96. The first-order valence-electron chi connectivity index (χ1n) is 7.37. The topological polar surface area (TPSA) is 66.6 Å². The van der Waals surface area contributed by atoms with Crippen molar-refractivity contribution in [1.82, 2.24) is 4.90 Å². The molecule has 4 heteroatoms. The van der Waals surface area contributed by atoms with Gasteiger partial charge in [0.25, 0.3) is 0 Å². The van der Waals surface area contributed by atoms with Crippen LogP contribution in [0.2, 0.25) is 0 Å². The molecule has 5 unspecified atom stereocenters. The van der Waals surface area contributed by atoms with Gasteiger partial charge in [0.1, 0.15) is 0 Å². The zero-order valence-corrected chi connectivity index (χ0v) is 10.9. The Hall–Kier alpha value is -0.610. The Morgan fingerprint density at radius 3 is 2.72 bits per heavy atom. The number of aliphatic hydroxyl groups excluding tert-OH is 1. The van der Waals surface area contributed by atoms with Gasteiger partial charge in [-0.3, -0.25) is 4.79 Å². The fourth-order valence-electron chi connectivity index (χ4n) is 4.13. The van der Waals surface area contributed by atoms with Crippen LogP contribution < -0.4 is 5.73 Å². The first-order chi connectivity index (χ1) is 8.65. The highest BCUT2D eigenvalue weighted by Crippen LogP contribution is 2.39. The first kappa shape index (κ1) is 12.4. The SMILES string of the molecule is NC1CCCC(C(=O)N2CC3CCC(O)C3C2)C1. The van der Waals surface area contributed by atoms with Crippen LogP contribution in [0.4, 0.5) is 0 Å². The number of nitrogens with two attached hydrogens (primary N) is 1. The lowest BCUT2D eigenvalue weighted by atomic mass is 9.85. The Balaban J connectivity index is 1.60. The fourth-order valence-corrected chi connectivity index (χ4v) is 4.13. The van der Waals surface area contributed by atoms with E-state index in [4.69, 9.17) is 5.73 Å². The number of amides is 1. The summed E-state index contributed by atoms with van der Waals surface area (Å²) in [7, 11) is 0. The maximum absolute atomic E-state index is 12.5. The minimum Gasteiger partial charge on any atom is -0.393 e. The number of rotatable bonds is 1. The molecule has 0 aromatic rings. The molecular weight excluding hydrogens is 228 g/mol. The van der Waals surface area contributed by atoms with Crippen LogP contribution >= 0.6 is 0 Å². The average molecular weight is 252 g/mol. The van der Waals surface area contributed by atoms with Crippen molar-refractivity contribution in [3.05, 3.63) is 0 Å². The van der Waals surface area contributed by atoms with Crippen molar-refractivity contribution in [2.24, 2.45) is 23.5 Å². The number of likely N-dealkylation sites (tertiary alicyclic amines) is 1. The molecular formula is C14H24N2O2. The molecule has 0 aromatic heterocycles. The van der Waals surface area contributed by atoms with Gasteiger partial charge in [0.2, 0.25) is 5.91 Å². The van der Waals surface area contributed by atoms with Crippen LogP contribution in [0.3, 0.4) is 0 Å². The van der Waals surface area contributed by atoms with Crippen molar-refractivity contribution in [3.63, 3.8) is 0 Å². The van der Waals surface area contributed by atoms with Gasteiger partial charge in [-0.15, -0.1) is 0 Å². The van der Waals surface area contributed by atoms with E-state index < -0.39 is 0 Å². The van der Waals surface area contributed by atoms with Crippen molar-refractivity contribution in [3.8, 4) is 0 Å².